The van der Waals surface area contributed by atoms with E-state index in [1.165, 1.54) is 12.8 Å². The lowest BCUT2D eigenvalue weighted by Gasteiger charge is -2.18. The highest BCUT2D eigenvalue weighted by Gasteiger charge is 2.35. The van der Waals surface area contributed by atoms with Crippen LogP contribution in [0.2, 0.25) is 0 Å². The van der Waals surface area contributed by atoms with E-state index in [0.29, 0.717) is 30.6 Å². The predicted octanol–water partition coefficient (Wildman–Crippen LogP) is 3.22. The van der Waals surface area contributed by atoms with Crippen LogP contribution < -0.4 is 5.32 Å². The first-order valence-electron chi connectivity index (χ1n) is 8.87. The van der Waals surface area contributed by atoms with Gasteiger partial charge in [-0.05, 0) is 19.3 Å². The van der Waals surface area contributed by atoms with Crippen LogP contribution in [0.15, 0.2) is 15.1 Å². The molecule has 8 heteroatoms. The Kier molecular flexibility index (Phi) is 3.97. The number of likely N-dealkylation sites (tertiary alicyclic amines) is 1. The van der Waals surface area contributed by atoms with E-state index in [4.69, 9.17) is 9.05 Å². The second-order valence-electron chi connectivity index (χ2n) is 7.38. The average Bonchev–Trinajstić information content (AvgIpc) is 3.33. The molecule has 1 N–H and O–H groups in total. The fourth-order valence-corrected chi connectivity index (χ4v) is 3.85. The van der Waals surface area contributed by atoms with E-state index < -0.39 is 0 Å². The highest BCUT2D eigenvalue weighted by atomic mass is 16.5. The first kappa shape index (κ1) is 16.1. The van der Waals surface area contributed by atoms with Gasteiger partial charge in [0.05, 0.1) is 0 Å². The molecule has 0 radical (unpaired) electrons. The summed E-state index contributed by atoms with van der Waals surface area (Å²) in [5.41, 5.74) is 0.0468. The number of nitrogens with zero attached hydrogens (tertiary/aromatic N) is 4. The van der Waals surface area contributed by atoms with E-state index in [1.807, 2.05) is 6.07 Å². The maximum Gasteiger partial charge on any atom is 0.323 e. The number of hydrogen-bond acceptors (Lipinski definition) is 6. The molecule has 134 valence electrons. The summed E-state index contributed by atoms with van der Waals surface area (Å²) >= 11 is 0. The summed E-state index contributed by atoms with van der Waals surface area (Å²) in [4.78, 5) is 18.5. The van der Waals surface area contributed by atoms with Gasteiger partial charge in [0.2, 0.25) is 5.89 Å². The summed E-state index contributed by atoms with van der Waals surface area (Å²) in [7, 11) is 0. The molecule has 2 amide bonds. The number of urea groups is 1. The van der Waals surface area contributed by atoms with Crippen LogP contribution in [0.1, 0.15) is 62.4 Å². The molecule has 1 saturated heterocycles. The van der Waals surface area contributed by atoms with Crippen LogP contribution in [0.4, 0.5) is 10.6 Å². The molecule has 1 unspecified atom stereocenters. The Balaban J connectivity index is 1.37. The van der Waals surface area contributed by atoms with Crippen molar-refractivity contribution in [2.75, 3.05) is 18.4 Å². The summed E-state index contributed by atoms with van der Waals surface area (Å²) < 4.78 is 10.5. The minimum atomic E-state index is -0.167. The van der Waals surface area contributed by atoms with E-state index in [1.54, 1.807) is 11.8 Å². The number of carbonyl (C=O) groups is 1. The van der Waals surface area contributed by atoms with Crippen molar-refractivity contribution in [2.45, 2.75) is 57.3 Å². The van der Waals surface area contributed by atoms with E-state index in [2.05, 4.69) is 27.5 Å². The largest absolute Gasteiger partial charge is 0.359 e. The smallest absolute Gasteiger partial charge is 0.323 e. The van der Waals surface area contributed by atoms with Gasteiger partial charge in [-0.3, -0.25) is 5.32 Å². The first-order chi connectivity index (χ1) is 12.0. The monoisotopic (exact) mass is 345 g/mol. The van der Waals surface area contributed by atoms with Gasteiger partial charge in [-0.2, -0.15) is 4.98 Å². The quantitative estimate of drug-likeness (QED) is 0.917. The molecular formula is C17H23N5O3. The molecule has 8 nitrogen and oxygen atoms in total. The van der Waals surface area contributed by atoms with Crippen molar-refractivity contribution < 1.29 is 13.8 Å². The minimum Gasteiger partial charge on any atom is -0.359 e. The Morgan fingerprint density at radius 2 is 2.12 bits per heavy atom. The molecule has 1 aliphatic carbocycles. The zero-order valence-corrected chi connectivity index (χ0v) is 14.6. The van der Waals surface area contributed by atoms with Crippen LogP contribution >= 0.6 is 0 Å². The number of rotatable bonds is 3. The van der Waals surface area contributed by atoms with Crippen molar-refractivity contribution >= 4 is 11.8 Å². The van der Waals surface area contributed by atoms with Gasteiger partial charge < -0.3 is 13.9 Å². The lowest BCUT2D eigenvalue weighted by Crippen LogP contribution is -2.33. The molecule has 1 aliphatic heterocycles. The maximum atomic E-state index is 12.5. The molecule has 0 spiro atoms. The van der Waals surface area contributed by atoms with Crippen molar-refractivity contribution in [3.63, 3.8) is 0 Å². The van der Waals surface area contributed by atoms with E-state index >= 15 is 0 Å². The fraction of sp³-hybridized carbons (Fsp3) is 0.647. The normalized spacial score (nSPS) is 22.5. The van der Waals surface area contributed by atoms with Crippen LogP contribution in [0.25, 0.3) is 0 Å². The third kappa shape index (κ3) is 3.12. The lowest BCUT2D eigenvalue weighted by atomic mass is 9.86. The summed E-state index contributed by atoms with van der Waals surface area (Å²) in [5.74, 6) is 2.68. The van der Waals surface area contributed by atoms with E-state index in [9.17, 15) is 4.79 Å². The standard InChI is InChI=1S/C17H23N5O3/c1-11-18-15(21-24-11)12-5-8-22(10-12)16(23)19-14-9-13(25-20-14)17(2)6-3-4-7-17/h9,12H,3-8,10H2,1-2H3,(H,19,20,23). The van der Waals surface area contributed by atoms with Crippen molar-refractivity contribution in [3.05, 3.63) is 23.5 Å². The maximum absolute atomic E-state index is 12.5. The summed E-state index contributed by atoms with van der Waals surface area (Å²) in [5, 5.41) is 10.8. The summed E-state index contributed by atoms with van der Waals surface area (Å²) in [6.45, 7) is 5.20. The summed E-state index contributed by atoms with van der Waals surface area (Å²) in [6.07, 6.45) is 5.46. The molecule has 25 heavy (non-hydrogen) atoms. The second-order valence-corrected chi connectivity index (χ2v) is 7.38. The molecule has 2 fully saturated rings. The van der Waals surface area contributed by atoms with E-state index in [-0.39, 0.29) is 17.4 Å². The number of anilines is 1. The third-order valence-electron chi connectivity index (χ3n) is 5.43. The van der Waals surface area contributed by atoms with Crippen molar-refractivity contribution in [1.82, 2.24) is 20.2 Å². The Morgan fingerprint density at radius 3 is 2.84 bits per heavy atom. The van der Waals surface area contributed by atoms with Crippen molar-refractivity contribution in [1.29, 1.82) is 0 Å². The van der Waals surface area contributed by atoms with Gasteiger partial charge in [-0.25, -0.2) is 4.79 Å². The number of carbonyl (C=O) groups excluding carboxylic acids is 1. The molecule has 3 heterocycles. The topological polar surface area (TPSA) is 97.3 Å². The van der Waals surface area contributed by atoms with Crippen LogP contribution in [0.5, 0.6) is 0 Å². The van der Waals surface area contributed by atoms with Crippen LogP contribution in [-0.4, -0.2) is 39.3 Å². The van der Waals surface area contributed by atoms with Gasteiger partial charge in [0, 0.05) is 37.4 Å². The Hall–Kier alpha value is -2.38. The zero-order valence-electron chi connectivity index (χ0n) is 14.6. The number of hydrogen-bond donors (Lipinski definition) is 1. The van der Waals surface area contributed by atoms with Crippen molar-refractivity contribution in [2.24, 2.45) is 0 Å². The van der Waals surface area contributed by atoms with Gasteiger partial charge in [0.1, 0.15) is 5.76 Å². The van der Waals surface area contributed by atoms with Crippen LogP contribution in [0.3, 0.4) is 0 Å². The predicted molar refractivity (Wildman–Crippen MR) is 89.3 cm³/mol. The molecule has 0 bridgehead atoms. The zero-order chi connectivity index (χ0) is 17.4. The van der Waals surface area contributed by atoms with Gasteiger partial charge >= 0.3 is 6.03 Å². The van der Waals surface area contributed by atoms with E-state index in [0.717, 1.165) is 25.0 Å². The molecule has 4 rings (SSSR count). The van der Waals surface area contributed by atoms with Gasteiger partial charge in [-0.1, -0.05) is 30.1 Å². The molecule has 2 aromatic heterocycles. The van der Waals surface area contributed by atoms with Gasteiger partial charge in [-0.15, -0.1) is 0 Å². The number of nitrogens with one attached hydrogen (secondary N) is 1. The summed E-state index contributed by atoms with van der Waals surface area (Å²) in [6, 6.07) is 1.69. The highest BCUT2D eigenvalue weighted by molar-refractivity contribution is 5.88. The first-order valence-corrected chi connectivity index (χ1v) is 8.87. The average molecular weight is 345 g/mol. The molecule has 1 atom stereocenters. The second kappa shape index (κ2) is 6.16. The molecule has 1 saturated carbocycles. The van der Waals surface area contributed by atoms with Crippen LogP contribution in [-0.2, 0) is 5.41 Å². The molecule has 0 aromatic carbocycles. The number of amides is 2. The number of aryl methyl sites for hydroxylation is 1. The van der Waals surface area contributed by atoms with Crippen molar-refractivity contribution in [3.8, 4) is 0 Å². The fourth-order valence-electron chi connectivity index (χ4n) is 3.85. The molecule has 2 aromatic rings. The Bertz CT molecular complexity index is 762. The Morgan fingerprint density at radius 1 is 1.32 bits per heavy atom. The SMILES string of the molecule is Cc1nc(C2CCN(C(=O)Nc3cc(C4(C)CCCC4)on3)C2)no1. The Labute approximate surface area is 145 Å². The number of aromatic nitrogens is 3. The third-order valence-corrected chi connectivity index (χ3v) is 5.43. The molecular weight excluding hydrogens is 322 g/mol. The van der Waals surface area contributed by atoms with Gasteiger partial charge in [0.25, 0.3) is 0 Å². The van der Waals surface area contributed by atoms with Gasteiger partial charge in [0.15, 0.2) is 11.6 Å². The highest BCUT2D eigenvalue weighted by Crippen LogP contribution is 2.41. The minimum absolute atomic E-state index is 0.0468. The van der Waals surface area contributed by atoms with Crippen LogP contribution in [0, 0.1) is 6.92 Å². The lowest BCUT2D eigenvalue weighted by molar-refractivity contribution is 0.221. The molecule has 2 aliphatic rings.